The second kappa shape index (κ2) is 9.22. The van der Waals surface area contributed by atoms with Crippen LogP contribution in [0.5, 0.6) is 28.7 Å². The molecule has 5 atom stereocenters. The zero-order valence-electron chi connectivity index (χ0n) is 20.9. The second-order valence-corrected chi connectivity index (χ2v) is 10.0. The first-order valence-corrected chi connectivity index (χ1v) is 12.0. The van der Waals surface area contributed by atoms with Crippen LogP contribution in [-0.4, -0.2) is 65.6 Å². The summed E-state index contributed by atoms with van der Waals surface area (Å²) in [6.07, 6.45) is 1.10. The summed E-state index contributed by atoms with van der Waals surface area (Å²) in [4.78, 5) is 4.41. The van der Waals surface area contributed by atoms with E-state index in [0.717, 1.165) is 27.8 Å². The maximum Gasteiger partial charge on any atom is 0.231 e. The summed E-state index contributed by atoms with van der Waals surface area (Å²) in [5.41, 5.74) is 11.3. The van der Waals surface area contributed by atoms with Crippen LogP contribution in [0.25, 0.3) is 0 Å². The quantitative estimate of drug-likeness (QED) is 0.432. The molecule has 36 heavy (non-hydrogen) atoms. The molecule has 0 aromatic heterocycles. The molecule has 4 N–H and O–H groups in total. The van der Waals surface area contributed by atoms with Gasteiger partial charge in [-0.05, 0) is 44.9 Å². The van der Waals surface area contributed by atoms with Gasteiger partial charge in [-0.2, -0.15) is 5.26 Å². The average Bonchev–Trinajstić information content (AvgIpc) is 3.32. The fraction of sp³-hybridized carbons (Fsp3) is 0.500. The van der Waals surface area contributed by atoms with Crippen molar-refractivity contribution in [2.75, 3.05) is 27.5 Å². The van der Waals surface area contributed by atoms with Crippen LogP contribution in [-0.2, 0) is 12.8 Å². The van der Waals surface area contributed by atoms with Gasteiger partial charge in [0.25, 0.3) is 0 Å². The first-order valence-electron chi connectivity index (χ1n) is 12.0. The van der Waals surface area contributed by atoms with E-state index in [2.05, 4.69) is 21.9 Å². The number of piperazine rings is 1. The molecule has 6 rings (SSSR count). The van der Waals surface area contributed by atoms with Crippen molar-refractivity contribution in [3.05, 3.63) is 39.4 Å². The summed E-state index contributed by atoms with van der Waals surface area (Å²) in [7, 11) is 3.58. The molecule has 0 spiro atoms. The Labute approximate surface area is 246 Å². The second-order valence-electron chi connectivity index (χ2n) is 10.0. The standard InChI is InChI=1S/C26H30N4O5.Ac/c1-11-5-13-6-15-17(8-27)30-16(21(29(15)3)19(13)23(32)24(11)33-4)7-14-20(18(30)9-28)26-25(34-10-35-26)12(2)22(14)31;/h5,15-18,21,31-32H,6-7,9-10,28H2,1-4H3;/t15-,16?,17-,18-,21?;/m0./s1. The number of nitrogens with two attached hydrogens (primary N) is 1. The van der Waals surface area contributed by atoms with E-state index in [1.165, 1.54) is 0 Å². The molecule has 1 fully saturated rings. The number of hydrogen-bond donors (Lipinski definition) is 3. The monoisotopic (exact) mass is 705 g/mol. The van der Waals surface area contributed by atoms with Gasteiger partial charge >= 0.3 is 0 Å². The molecule has 1 saturated heterocycles. The number of likely N-dealkylation sites (N-methyl/N-ethyl adjacent to an activating group) is 1. The molecule has 4 aliphatic heterocycles. The third kappa shape index (κ3) is 3.26. The van der Waals surface area contributed by atoms with E-state index in [1.807, 2.05) is 20.9 Å². The van der Waals surface area contributed by atoms with E-state index in [0.29, 0.717) is 35.7 Å². The Kier molecular flexibility index (Phi) is 6.63. The molecule has 2 unspecified atom stereocenters. The fourth-order valence-electron chi connectivity index (χ4n) is 7.07. The van der Waals surface area contributed by atoms with Gasteiger partial charge in [0.1, 0.15) is 11.8 Å². The summed E-state index contributed by atoms with van der Waals surface area (Å²) < 4.78 is 17.1. The Morgan fingerprint density at radius 2 is 1.86 bits per heavy atom. The van der Waals surface area contributed by atoms with Crippen LogP contribution in [0, 0.1) is 69.2 Å². The molecule has 9 nitrogen and oxygen atoms in total. The van der Waals surface area contributed by atoms with Crippen molar-refractivity contribution in [1.82, 2.24) is 9.80 Å². The molecule has 0 aliphatic carbocycles. The van der Waals surface area contributed by atoms with Crippen molar-refractivity contribution in [3.63, 3.8) is 0 Å². The first-order chi connectivity index (χ1) is 16.8. The number of aryl methyl sites for hydroxylation is 1. The van der Waals surface area contributed by atoms with Gasteiger partial charge in [0.2, 0.25) is 6.79 Å². The number of nitriles is 1. The minimum absolute atomic E-state index is 0. The van der Waals surface area contributed by atoms with Crippen LogP contribution in [0.2, 0.25) is 0 Å². The molecule has 2 bridgehead atoms. The fourth-order valence-corrected chi connectivity index (χ4v) is 7.07. The Morgan fingerprint density at radius 1 is 1.14 bits per heavy atom. The zero-order chi connectivity index (χ0) is 24.8. The molecule has 2 aromatic rings. The predicted octanol–water partition coefficient (Wildman–Crippen LogP) is 2.18. The Bertz CT molecular complexity index is 1290. The molecular weight excluding hydrogens is 675 g/mol. The molecular formula is C26H30AcN4O5. The number of ether oxygens (including phenoxy) is 3. The Morgan fingerprint density at radius 3 is 2.53 bits per heavy atom. The van der Waals surface area contributed by atoms with E-state index in [9.17, 15) is 15.5 Å². The molecule has 0 saturated carbocycles. The van der Waals surface area contributed by atoms with Crippen molar-refractivity contribution in [1.29, 1.82) is 5.26 Å². The molecule has 0 amide bonds. The van der Waals surface area contributed by atoms with Gasteiger partial charge in [-0.25, -0.2) is 0 Å². The van der Waals surface area contributed by atoms with Crippen LogP contribution >= 0.6 is 0 Å². The summed E-state index contributed by atoms with van der Waals surface area (Å²) in [6, 6.07) is 3.37. The van der Waals surface area contributed by atoms with Crippen molar-refractivity contribution in [2.45, 2.75) is 56.9 Å². The Hall–Kier alpha value is -1.75. The van der Waals surface area contributed by atoms with Crippen molar-refractivity contribution >= 4 is 0 Å². The van der Waals surface area contributed by atoms with Gasteiger partial charge in [0.05, 0.1) is 25.3 Å². The van der Waals surface area contributed by atoms with Crippen LogP contribution in [0.15, 0.2) is 6.07 Å². The minimum atomic E-state index is -0.429. The van der Waals surface area contributed by atoms with Crippen LogP contribution in [0.1, 0.15) is 45.5 Å². The molecule has 10 heteroatoms. The summed E-state index contributed by atoms with van der Waals surface area (Å²) in [6.45, 7) is 4.08. The number of hydrogen-bond acceptors (Lipinski definition) is 9. The SMILES string of the molecule is COc1c(C)cc2c(c1O)C1C3Cc4c(O)c(C)c5c(c4[C@H](CN)N3[C@@H](C#N)[C@H](C2)N1C)OCO5.[Ac]. The number of benzene rings is 2. The molecule has 2 aromatic carbocycles. The number of phenolic OH excluding ortho intramolecular Hbond substituents is 2. The van der Waals surface area contributed by atoms with E-state index in [-0.39, 0.29) is 93.1 Å². The summed E-state index contributed by atoms with van der Waals surface area (Å²) in [5.74, 6) is 1.96. The normalized spacial score (nSPS) is 27.8. The number of methoxy groups -OCH3 is 1. The van der Waals surface area contributed by atoms with Gasteiger partial charge in [0, 0.05) is 84.9 Å². The van der Waals surface area contributed by atoms with Gasteiger partial charge in [-0.1, -0.05) is 6.07 Å². The summed E-state index contributed by atoms with van der Waals surface area (Å²) >= 11 is 0. The summed E-state index contributed by atoms with van der Waals surface area (Å²) in [5, 5.41) is 33.0. The number of aromatic hydroxyl groups is 2. The average molecular weight is 706 g/mol. The molecule has 1 radical (unpaired) electrons. The third-order valence-electron chi connectivity index (χ3n) is 8.52. The van der Waals surface area contributed by atoms with Crippen LogP contribution in [0.3, 0.4) is 0 Å². The Balaban J connectivity index is 0.00000267. The molecule has 187 valence electrons. The largest absolute Gasteiger partial charge is 0.507 e. The predicted molar refractivity (Wildman–Crippen MR) is 127 cm³/mol. The van der Waals surface area contributed by atoms with Gasteiger partial charge in [-0.15, -0.1) is 0 Å². The first kappa shape index (κ1) is 25.9. The van der Waals surface area contributed by atoms with E-state index in [1.54, 1.807) is 7.11 Å². The number of nitrogens with zero attached hydrogens (tertiary/aromatic N) is 3. The number of fused-ring (bicyclic) bond motifs is 9. The maximum absolute atomic E-state index is 11.4. The van der Waals surface area contributed by atoms with Gasteiger partial charge in [0.15, 0.2) is 23.0 Å². The van der Waals surface area contributed by atoms with Crippen molar-refractivity contribution in [2.24, 2.45) is 5.73 Å². The van der Waals surface area contributed by atoms with E-state index >= 15 is 0 Å². The van der Waals surface area contributed by atoms with Crippen LogP contribution in [0.4, 0.5) is 0 Å². The van der Waals surface area contributed by atoms with E-state index in [4.69, 9.17) is 19.9 Å². The number of rotatable bonds is 2. The smallest absolute Gasteiger partial charge is 0.231 e. The molecule has 4 heterocycles. The zero-order valence-corrected chi connectivity index (χ0v) is 25.7. The van der Waals surface area contributed by atoms with Crippen molar-refractivity contribution in [3.8, 4) is 34.8 Å². The van der Waals surface area contributed by atoms with Crippen molar-refractivity contribution < 1.29 is 68.5 Å². The number of phenols is 2. The van der Waals surface area contributed by atoms with Gasteiger partial charge < -0.3 is 30.2 Å². The topological polar surface area (TPSA) is 124 Å². The maximum atomic E-state index is 11.4. The minimum Gasteiger partial charge on any atom is -0.507 e. The van der Waals surface area contributed by atoms with Gasteiger partial charge in [-0.3, -0.25) is 9.80 Å². The third-order valence-corrected chi connectivity index (χ3v) is 8.52. The van der Waals surface area contributed by atoms with E-state index < -0.39 is 6.04 Å². The molecule has 4 aliphatic rings. The van der Waals surface area contributed by atoms with Crippen LogP contribution < -0.4 is 19.9 Å².